The normalized spacial score (nSPS) is 15.1. The third-order valence-corrected chi connectivity index (χ3v) is 5.33. The number of piperazine rings is 1. The first-order valence-electron chi connectivity index (χ1n) is 9.88. The number of nitrogens with one attached hydrogen (secondary N) is 2. The van der Waals surface area contributed by atoms with E-state index in [-0.39, 0.29) is 5.91 Å². The summed E-state index contributed by atoms with van der Waals surface area (Å²) in [5.74, 6) is 0.482. The Balaban J connectivity index is 1.35. The van der Waals surface area contributed by atoms with Crippen molar-refractivity contribution in [3.8, 4) is 0 Å². The topological polar surface area (TPSA) is 77.1 Å². The molecule has 2 aromatic heterocycles. The number of para-hydroxylation sites is 1. The van der Waals surface area contributed by atoms with Crippen LogP contribution in [0.2, 0.25) is 0 Å². The van der Waals surface area contributed by atoms with Gasteiger partial charge in [0.05, 0.1) is 0 Å². The number of aromatic nitrogens is 3. The fourth-order valence-electron chi connectivity index (χ4n) is 3.63. The van der Waals surface area contributed by atoms with Gasteiger partial charge in [0.2, 0.25) is 5.95 Å². The maximum absolute atomic E-state index is 12.5. The number of likely N-dealkylation sites (N-methyl/N-ethyl adjacent to an activating group) is 1. The second-order valence-corrected chi connectivity index (χ2v) is 7.03. The number of amides is 1. The van der Waals surface area contributed by atoms with E-state index >= 15 is 0 Å². The van der Waals surface area contributed by atoms with Gasteiger partial charge in [-0.2, -0.15) is 0 Å². The predicted octanol–water partition coefficient (Wildman–Crippen LogP) is 2.07. The van der Waals surface area contributed by atoms with Crippen molar-refractivity contribution in [2.24, 2.45) is 0 Å². The summed E-state index contributed by atoms with van der Waals surface area (Å²) < 4.78 is 0. The number of hydrogen-bond acceptors (Lipinski definition) is 5. The molecule has 1 aliphatic rings. The number of rotatable bonds is 6. The highest BCUT2D eigenvalue weighted by Gasteiger charge is 2.19. The second-order valence-electron chi connectivity index (χ2n) is 7.03. The molecule has 0 saturated carbocycles. The number of benzene rings is 1. The minimum absolute atomic E-state index is 0.157. The Kier molecular flexibility index (Phi) is 5.53. The molecular weight excluding hydrogens is 352 g/mol. The summed E-state index contributed by atoms with van der Waals surface area (Å²) in [6.07, 6.45) is 4.45. The zero-order valence-electron chi connectivity index (χ0n) is 16.2. The van der Waals surface area contributed by atoms with Crippen LogP contribution in [0.15, 0.2) is 42.7 Å². The first kappa shape index (κ1) is 18.4. The van der Waals surface area contributed by atoms with E-state index in [0.717, 1.165) is 44.7 Å². The summed E-state index contributed by atoms with van der Waals surface area (Å²) >= 11 is 0. The molecule has 146 valence electrons. The van der Waals surface area contributed by atoms with Crippen LogP contribution in [0.5, 0.6) is 0 Å². The van der Waals surface area contributed by atoms with Crippen LogP contribution in [-0.4, -0.2) is 65.0 Å². The average Bonchev–Trinajstić information content (AvgIpc) is 3.17. The minimum atomic E-state index is -0.157. The van der Waals surface area contributed by atoms with E-state index < -0.39 is 0 Å². The van der Waals surface area contributed by atoms with Gasteiger partial charge in [-0.1, -0.05) is 25.1 Å². The van der Waals surface area contributed by atoms with Gasteiger partial charge in [0.25, 0.3) is 5.91 Å². The Morgan fingerprint density at radius 2 is 2.00 bits per heavy atom. The molecule has 7 nitrogen and oxygen atoms in total. The van der Waals surface area contributed by atoms with Crippen molar-refractivity contribution < 1.29 is 4.79 Å². The highest BCUT2D eigenvalue weighted by molar-refractivity contribution is 5.92. The quantitative estimate of drug-likeness (QED) is 0.687. The van der Waals surface area contributed by atoms with Crippen LogP contribution >= 0.6 is 0 Å². The van der Waals surface area contributed by atoms with E-state index in [9.17, 15) is 4.79 Å². The van der Waals surface area contributed by atoms with E-state index in [2.05, 4.69) is 49.1 Å². The summed E-state index contributed by atoms with van der Waals surface area (Å²) in [5.41, 5.74) is 2.74. The maximum Gasteiger partial charge on any atom is 0.270 e. The molecule has 1 amide bonds. The number of carbonyl (C=O) groups excluding carboxylic acids is 1. The lowest BCUT2D eigenvalue weighted by atomic mass is 10.1. The lowest BCUT2D eigenvalue weighted by molar-refractivity contribution is 0.0949. The monoisotopic (exact) mass is 378 g/mol. The number of aromatic amines is 1. The van der Waals surface area contributed by atoms with E-state index in [0.29, 0.717) is 18.2 Å². The van der Waals surface area contributed by atoms with Gasteiger partial charge in [0.15, 0.2) is 0 Å². The molecule has 0 aliphatic carbocycles. The van der Waals surface area contributed by atoms with Gasteiger partial charge in [0.1, 0.15) is 5.69 Å². The molecule has 1 fully saturated rings. The molecule has 3 aromatic rings. The van der Waals surface area contributed by atoms with Crippen molar-refractivity contribution in [1.82, 2.24) is 25.2 Å². The molecule has 28 heavy (non-hydrogen) atoms. The minimum Gasteiger partial charge on any atom is -0.361 e. The highest BCUT2D eigenvalue weighted by Crippen LogP contribution is 2.17. The number of anilines is 1. The Morgan fingerprint density at radius 3 is 2.82 bits per heavy atom. The molecule has 1 saturated heterocycles. The fraction of sp³-hybridized carbons (Fsp3) is 0.381. The Hall–Kier alpha value is -2.93. The number of H-pyrrole nitrogens is 1. The Morgan fingerprint density at radius 1 is 1.18 bits per heavy atom. The van der Waals surface area contributed by atoms with E-state index in [4.69, 9.17) is 0 Å². The maximum atomic E-state index is 12.5. The molecule has 0 radical (unpaired) electrons. The van der Waals surface area contributed by atoms with E-state index in [1.54, 1.807) is 12.3 Å². The van der Waals surface area contributed by atoms with Crippen LogP contribution in [0.1, 0.15) is 23.0 Å². The van der Waals surface area contributed by atoms with Gasteiger partial charge in [-0.05, 0) is 30.7 Å². The van der Waals surface area contributed by atoms with Gasteiger partial charge >= 0.3 is 0 Å². The number of carbonyl (C=O) groups is 1. The zero-order chi connectivity index (χ0) is 19.3. The number of nitrogens with zero attached hydrogens (tertiary/aromatic N) is 4. The van der Waals surface area contributed by atoms with Crippen molar-refractivity contribution in [2.75, 3.05) is 44.2 Å². The SMILES string of the molecule is CCN1CCN(c2nccc(C(=O)NCCc3c[nH]c4ccccc34)n2)CC1. The molecule has 0 unspecified atom stereocenters. The first-order chi connectivity index (χ1) is 13.7. The third-order valence-electron chi connectivity index (χ3n) is 5.33. The van der Waals surface area contributed by atoms with Gasteiger partial charge in [-0.25, -0.2) is 9.97 Å². The third kappa shape index (κ3) is 3.99. The lowest BCUT2D eigenvalue weighted by Gasteiger charge is -2.34. The van der Waals surface area contributed by atoms with Crippen molar-refractivity contribution in [1.29, 1.82) is 0 Å². The largest absolute Gasteiger partial charge is 0.361 e. The fourth-order valence-corrected chi connectivity index (χ4v) is 3.63. The molecule has 3 heterocycles. The van der Waals surface area contributed by atoms with E-state index in [1.165, 1.54) is 10.9 Å². The molecule has 7 heteroatoms. The molecule has 2 N–H and O–H groups in total. The van der Waals surface area contributed by atoms with Crippen LogP contribution in [0.25, 0.3) is 10.9 Å². The van der Waals surface area contributed by atoms with Gasteiger partial charge < -0.3 is 20.1 Å². The standard InChI is InChI=1S/C21H26N6O/c1-2-26-11-13-27(14-12-26)21-23-10-8-19(25-21)20(28)22-9-7-16-15-24-18-6-4-3-5-17(16)18/h3-6,8,10,15,24H,2,7,9,11-14H2,1H3,(H,22,28). The van der Waals surface area contributed by atoms with Crippen molar-refractivity contribution in [3.63, 3.8) is 0 Å². The average molecular weight is 378 g/mol. The van der Waals surface area contributed by atoms with E-state index in [1.807, 2.05) is 18.3 Å². The molecule has 1 aliphatic heterocycles. The van der Waals surface area contributed by atoms with Gasteiger partial charge in [0, 0.05) is 56.0 Å². The lowest BCUT2D eigenvalue weighted by Crippen LogP contribution is -2.46. The van der Waals surface area contributed by atoms with Crippen LogP contribution in [0.3, 0.4) is 0 Å². The molecule has 0 bridgehead atoms. The van der Waals surface area contributed by atoms with Crippen LogP contribution < -0.4 is 10.2 Å². The zero-order valence-corrected chi connectivity index (χ0v) is 16.2. The van der Waals surface area contributed by atoms with Crippen molar-refractivity contribution >= 4 is 22.8 Å². The Bertz CT molecular complexity index is 945. The number of hydrogen-bond donors (Lipinski definition) is 2. The highest BCUT2D eigenvalue weighted by atomic mass is 16.1. The predicted molar refractivity (Wildman–Crippen MR) is 111 cm³/mol. The second kappa shape index (κ2) is 8.39. The van der Waals surface area contributed by atoms with Crippen molar-refractivity contribution in [2.45, 2.75) is 13.3 Å². The van der Waals surface area contributed by atoms with Gasteiger partial charge in [-0.15, -0.1) is 0 Å². The van der Waals surface area contributed by atoms with Crippen LogP contribution in [0, 0.1) is 0 Å². The van der Waals surface area contributed by atoms with Gasteiger partial charge in [-0.3, -0.25) is 4.79 Å². The van der Waals surface area contributed by atoms with Crippen LogP contribution in [-0.2, 0) is 6.42 Å². The molecule has 4 rings (SSSR count). The smallest absolute Gasteiger partial charge is 0.270 e. The molecule has 1 aromatic carbocycles. The van der Waals surface area contributed by atoms with Crippen molar-refractivity contribution in [3.05, 3.63) is 54.0 Å². The Labute approximate surface area is 164 Å². The summed E-state index contributed by atoms with van der Waals surface area (Å²) in [6.45, 7) is 7.58. The first-order valence-corrected chi connectivity index (χ1v) is 9.88. The summed E-state index contributed by atoms with van der Waals surface area (Å²) in [7, 11) is 0. The molecular formula is C21H26N6O. The number of fused-ring (bicyclic) bond motifs is 1. The molecule has 0 atom stereocenters. The summed E-state index contributed by atoms with van der Waals surface area (Å²) in [6, 6.07) is 9.87. The van der Waals surface area contributed by atoms with Crippen LogP contribution in [0.4, 0.5) is 5.95 Å². The summed E-state index contributed by atoms with van der Waals surface area (Å²) in [5, 5.41) is 4.18. The summed E-state index contributed by atoms with van der Waals surface area (Å²) in [4.78, 5) is 29.2. The molecule has 0 spiro atoms.